The van der Waals surface area contributed by atoms with Crippen molar-refractivity contribution in [1.29, 1.82) is 0 Å². The molecule has 4 aromatic rings. The number of carbonyl (C=O) groups excluding carboxylic acids is 2. The van der Waals surface area contributed by atoms with Gasteiger partial charge in [0.05, 0.1) is 23.6 Å². The average molecular weight is 533 g/mol. The number of benzene rings is 1. The summed E-state index contributed by atoms with van der Waals surface area (Å²) < 4.78 is 63.8. The highest BCUT2D eigenvalue weighted by Gasteiger charge is 2.33. The van der Waals surface area contributed by atoms with Gasteiger partial charge in [-0.25, -0.2) is 9.50 Å². The summed E-state index contributed by atoms with van der Waals surface area (Å²) in [6, 6.07) is 3.98. The predicted octanol–water partition coefficient (Wildman–Crippen LogP) is 3.45. The molecule has 0 aliphatic carbocycles. The fourth-order valence-corrected chi connectivity index (χ4v) is 4.14. The summed E-state index contributed by atoms with van der Waals surface area (Å²) in [5.74, 6) is -1.67. The maximum atomic E-state index is 13.2. The van der Waals surface area contributed by atoms with Crippen molar-refractivity contribution in [3.63, 3.8) is 0 Å². The number of likely N-dealkylation sites (tertiary alicyclic amines) is 1. The van der Waals surface area contributed by atoms with Crippen LogP contribution in [0.15, 0.2) is 49.1 Å². The Morgan fingerprint density at radius 1 is 1.18 bits per heavy atom. The number of fused-ring (bicyclic) bond motifs is 1. The minimum absolute atomic E-state index is 0.000877. The Labute approximate surface area is 211 Å². The monoisotopic (exact) mass is 533 g/mol. The second kappa shape index (κ2) is 9.99. The quantitative estimate of drug-likeness (QED) is 0.345. The van der Waals surface area contributed by atoms with Gasteiger partial charge in [-0.15, -0.1) is 0 Å². The van der Waals surface area contributed by atoms with Crippen molar-refractivity contribution in [3.05, 3.63) is 54.6 Å². The van der Waals surface area contributed by atoms with Crippen LogP contribution in [0.2, 0.25) is 0 Å². The number of nitrogens with one attached hydrogen (secondary N) is 1. The highest BCUT2D eigenvalue weighted by Crippen LogP contribution is 2.39. The molecule has 15 heteroatoms. The Morgan fingerprint density at radius 3 is 2.68 bits per heavy atom. The Morgan fingerprint density at radius 2 is 1.97 bits per heavy atom. The van der Waals surface area contributed by atoms with Gasteiger partial charge in [-0.05, 0) is 30.7 Å². The number of anilines is 1. The zero-order valence-corrected chi connectivity index (χ0v) is 19.6. The highest BCUT2D eigenvalue weighted by molar-refractivity contribution is 6.09. The van der Waals surface area contributed by atoms with Gasteiger partial charge >= 0.3 is 13.2 Å². The van der Waals surface area contributed by atoms with Gasteiger partial charge in [0.1, 0.15) is 28.8 Å². The fraction of sp³-hybridized carbons (Fsp3) is 0.261. The first-order valence-corrected chi connectivity index (χ1v) is 11.2. The summed E-state index contributed by atoms with van der Waals surface area (Å²) in [5, 5.41) is 11.1. The number of rotatable bonds is 8. The molecule has 2 amide bonds. The molecule has 1 aromatic carbocycles. The molecule has 0 radical (unpaired) electrons. The van der Waals surface area contributed by atoms with Crippen LogP contribution in [0.1, 0.15) is 22.8 Å². The second-order valence-electron chi connectivity index (χ2n) is 8.25. The van der Waals surface area contributed by atoms with Crippen LogP contribution in [0.3, 0.4) is 0 Å². The maximum absolute atomic E-state index is 13.2. The van der Waals surface area contributed by atoms with Crippen LogP contribution in [0, 0.1) is 0 Å². The molecule has 1 saturated heterocycles. The van der Waals surface area contributed by atoms with E-state index < -0.39 is 30.9 Å². The Kier molecular flexibility index (Phi) is 6.57. The number of amides is 2. The van der Waals surface area contributed by atoms with Gasteiger partial charge in [-0.2, -0.15) is 27.8 Å². The van der Waals surface area contributed by atoms with Crippen molar-refractivity contribution in [2.45, 2.75) is 25.7 Å². The summed E-state index contributed by atoms with van der Waals surface area (Å²) in [4.78, 5) is 31.5. The molecule has 0 spiro atoms. The zero-order chi connectivity index (χ0) is 27.0. The lowest BCUT2D eigenvalue weighted by Gasteiger charge is -2.13. The lowest BCUT2D eigenvalue weighted by molar-refractivity contribution is -0.129. The molecule has 1 N–H and O–H groups in total. The van der Waals surface area contributed by atoms with Gasteiger partial charge in [0, 0.05) is 26.0 Å². The van der Waals surface area contributed by atoms with Gasteiger partial charge in [0.25, 0.3) is 5.91 Å². The average Bonchev–Trinajstić information content (AvgIpc) is 3.57. The molecule has 1 aliphatic heterocycles. The lowest BCUT2D eigenvalue weighted by atomic mass is 10.1. The number of hydrogen-bond acceptors (Lipinski definition) is 7. The van der Waals surface area contributed by atoms with Crippen LogP contribution < -0.4 is 14.8 Å². The van der Waals surface area contributed by atoms with E-state index in [4.69, 9.17) is 0 Å². The molecule has 0 bridgehead atoms. The number of alkyl halides is 4. The second-order valence-corrected chi connectivity index (χ2v) is 8.25. The number of ether oxygens (including phenoxy) is 2. The van der Waals surface area contributed by atoms with E-state index in [9.17, 15) is 27.2 Å². The molecular formula is C23H19F4N7O4. The zero-order valence-electron chi connectivity index (χ0n) is 19.6. The SMILES string of the molecule is CN1CC[C@H](n2cc(NC(=O)c3cnn4cccnc34)c(-c3cc(OC(F)F)ccc3OC(F)F)n2)C1=O. The van der Waals surface area contributed by atoms with E-state index in [1.807, 2.05) is 0 Å². The van der Waals surface area contributed by atoms with E-state index in [1.165, 1.54) is 32.7 Å². The molecule has 4 heterocycles. The Balaban J connectivity index is 1.61. The summed E-state index contributed by atoms with van der Waals surface area (Å²) >= 11 is 0. The van der Waals surface area contributed by atoms with Crippen molar-refractivity contribution in [1.82, 2.24) is 29.3 Å². The standard InChI is InChI=1S/C23H19F4N7O4/c1-32-8-5-16(21(32)36)34-11-15(30-20(35)14-10-29-33-7-2-6-28-19(14)33)18(31-34)13-9-12(37-22(24)25)3-4-17(13)38-23(26)27/h2-4,6-7,9-11,16,22-23H,5,8H2,1H3,(H,30,35)/t16-/m0/s1. The third-order valence-electron chi connectivity index (χ3n) is 5.87. The highest BCUT2D eigenvalue weighted by atomic mass is 19.3. The van der Waals surface area contributed by atoms with Crippen LogP contribution in [0.4, 0.5) is 23.2 Å². The normalized spacial score (nSPS) is 15.6. The van der Waals surface area contributed by atoms with Crippen LogP contribution >= 0.6 is 0 Å². The van der Waals surface area contributed by atoms with Crippen LogP contribution in [0.25, 0.3) is 16.9 Å². The van der Waals surface area contributed by atoms with Gasteiger partial charge in [0.2, 0.25) is 5.91 Å². The van der Waals surface area contributed by atoms with Crippen molar-refractivity contribution in [3.8, 4) is 22.8 Å². The third kappa shape index (κ3) is 4.81. The van der Waals surface area contributed by atoms with Crippen molar-refractivity contribution in [2.75, 3.05) is 18.9 Å². The molecule has 0 unspecified atom stereocenters. The molecule has 3 aromatic heterocycles. The predicted molar refractivity (Wildman–Crippen MR) is 123 cm³/mol. The van der Waals surface area contributed by atoms with E-state index in [-0.39, 0.29) is 39.8 Å². The lowest BCUT2D eigenvalue weighted by Crippen LogP contribution is -2.24. The number of aromatic nitrogens is 5. The smallest absolute Gasteiger partial charge is 0.387 e. The van der Waals surface area contributed by atoms with Crippen LogP contribution in [-0.2, 0) is 4.79 Å². The first kappa shape index (κ1) is 25.0. The van der Waals surface area contributed by atoms with E-state index in [0.29, 0.717) is 13.0 Å². The van der Waals surface area contributed by atoms with Gasteiger partial charge in [-0.3, -0.25) is 14.3 Å². The number of nitrogens with zero attached hydrogens (tertiary/aromatic N) is 6. The first-order chi connectivity index (χ1) is 18.2. The van der Waals surface area contributed by atoms with E-state index in [0.717, 1.165) is 18.2 Å². The van der Waals surface area contributed by atoms with Crippen molar-refractivity contribution in [2.24, 2.45) is 0 Å². The molecule has 0 saturated carbocycles. The van der Waals surface area contributed by atoms with Crippen LogP contribution in [-0.4, -0.2) is 67.9 Å². The Bertz CT molecular complexity index is 1510. The fourth-order valence-electron chi connectivity index (χ4n) is 4.14. The molecular weight excluding hydrogens is 514 g/mol. The first-order valence-electron chi connectivity index (χ1n) is 11.2. The molecule has 1 aliphatic rings. The summed E-state index contributed by atoms with van der Waals surface area (Å²) in [6.45, 7) is -5.98. The molecule has 1 atom stereocenters. The molecule has 198 valence electrons. The molecule has 11 nitrogen and oxygen atoms in total. The molecule has 5 rings (SSSR count). The minimum Gasteiger partial charge on any atom is -0.435 e. The largest absolute Gasteiger partial charge is 0.435 e. The van der Waals surface area contributed by atoms with Gasteiger partial charge in [-0.1, -0.05) is 0 Å². The maximum Gasteiger partial charge on any atom is 0.387 e. The number of hydrogen-bond donors (Lipinski definition) is 1. The topological polar surface area (TPSA) is 116 Å². The van der Waals surface area contributed by atoms with E-state index in [1.54, 1.807) is 19.3 Å². The molecule has 38 heavy (non-hydrogen) atoms. The van der Waals surface area contributed by atoms with Crippen molar-refractivity contribution >= 4 is 23.1 Å². The summed E-state index contributed by atoms with van der Waals surface area (Å²) in [7, 11) is 1.62. The van der Waals surface area contributed by atoms with Crippen molar-refractivity contribution < 1.29 is 36.6 Å². The Hall–Kier alpha value is -4.69. The minimum atomic E-state index is -3.24. The molecule has 1 fully saturated rings. The van der Waals surface area contributed by atoms with Crippen LogP contribution in [0.5, 0.6) is 11.5 Å². The van der Waals surface area contributed by atoms with Gasteiger partial charge in [0.15, 0.2) is 5.65 Å². The summed E-state index contributed by atoms with van der Waals surface area (Å²) in [6.07, 6.45) is 6.12. The third-order valence-corrected chi connectivity index (χ3v) is 5.87. The number of halogens is 4. The van der Waals surface area contributed by atoms with Gasteiger partial charge < -0.3 is 19.7 Å². The summed E-state index contributed by atoms with van der Waals surface area (Å²) in [5.41, 5.74) is 0.0659. The number of carbonyl (C=O) groups is 2. The van der Waals surface area contributed by atoms with E-state index >= 15 is 0 Å². The number of likely N-dealkylation sites (N-methyl/N-ethyl adjacent to an activating group) is 1. The van der Waals surface area contributed by atoms with E-state index in [2.05, 4.69) is 30.0 Å².